The molecule has 3 N–H and O–H groups in total. The Balaban J connectivity index is 1.43. The quantitative estimate of drug-likeness (QED) is 0.396. The highest BCUT2D eigenvalue weighted by atomic mass is 32.2. The minimum atomic E-state index is -4.29. The summed E-state index contributed by atoms with van der Waals surface area (Å²) in [5, 5.41) is 12.7. The maximum Gasteiger partial charge on any atom is 0.258 e. The van der Waals surface area contributed by atoms with Crippen LogP contribution in [0, 0.1) is 11.6 Å². The molecule has 2 aliphatic heterocycles. The van der Waals surface area contributed by atoms with Crippen molar-refractivity contribution in [2.45, 2.75) is 37.6 Å². The van der Waals surface area contributed by atoms with E-state index in [0.717, 1.165) is 48.3 Å². The van der Waals surface area contributed by atoms with Crippen LogP contribution in [0.15, 0.2) is 41.3 Å². The summed E-state index contributed by atoms with van der Waals surface area (Å²) in [6.07, 6.45) is 0. The fourth-order valence-corrected chi connectivity index (χ4v) is 7.00. The third-order valence-electron chi connectivity index (χ3n) is 7.58. The molecule has 0 bridgehead atoms. The molecule has 1 fully saturated rings. The van der Waals surface area contributed by atoms with Gasteiger partial charge in [0.05, 0.1) is 16.1 Å². The van der Waals surface area contributed by atoms with Crippen LogP contribution >= 0.6 is 0 Å². The predicted octanol–water partition coefficient (Wildman–Crippen LogP) is 3.13. The van der Waals surface area contributed by atoms with E-state index >= 15 is 0 Å². The number of likely N-dealkylation sites (N-methyl/N-ethyl adjacent to an activating group) is 1. The number of H-pyrrole nitrogens is 1. The molecule has 3 aromatic rings. The van der Waals surface area contributed by atoms with Crippen molar-refractivity contribution in [2.24, 2.45) is 0 Å². The summed E-state index contributed by atoms with van der Waals surface area (Å²) in [4.78, 5) is 29.4. The third kappa shape index (κ3) is 5.87. The fraction of sp³-hybridized carbons (Fsp3) is 0.393. The first-order valence-electron chi connectivity index (χ1n) is 13.4. The topological polar surface area (TPSA) is 131 Å². The summed E-state index contributed by atoms with van der Waals surface area (Å²) >= 11 is 0. The van der Waals surface area contributed by atoms with E-state index in [9.17, 15) is 26.8 Å². The van der Waals surface area contributed by atoms with Crippen LogP contribution in [0.2, 0.25) is 0 Å². The van der Waals surface area contributed by atoms with E-state index in [0.29, 0.717) is 23.0 Å². The fourth-order valence-electron chi connectivity index (χ4n) is 5.39. The minimum absolute atomic E-state index is 0.0104. The summed E-state index contributed by atoms with van der Waals surface area (Å²) in [5.41, 5.74) is 1.69. The number of carbonyl (C=O) groups excluding carboxylic acids is 2. The molecule has 1 aromatic heterocycles. The number of halogens is 2. The number of benzene rings is 2. The molecule has 5 rings (SSSR count). The van der Waals surface area contributed by atoms with Crippen molar-refractivity contribution < 1.29 is 26.8 Å². The van der Waals surface area contributed by atoms with Gasteiger partial charge in [0.1, 0.15) is 11.6 Å². The number of rotatable bonds is 6. The first-order chi connectivity index (χ1) is 19.7. The van der Waals surface area contributed by atoms with E-state index in [2.05, 4.69) is 37.7 Å². The summed E-state index contributed by atoms with van der Waals surface area (Å²) in [6, 6.07) is 7.36. The Morgan fingerprint density at radius 3 is 2.31 bits per heavy atom. The molecule has 0 radical (unpaired) electrons. The van der Waals surface area contributed by atoms with Crippen molar-refractivity contribution in [1.82, 2.24) is 19.4 Å². The van der Waals surface area contributed by atoms with Gasteiger partial charge in [-0.15, -0.1) is 0 Å². The Morgan fingerprint density at radius 1 is 1.00 bits per heavy atom. The van der Waals surface area contributed by atoms with Crippen LogP contribution in [0.5, 0.6) is 0 Å². The summed E-state index contributed by atoms with van der Waals surface area (Å²) in [6.45, 7) is 8.17. The van der Waals surface area contributed by atoms with E-state index in [1.807, 2.05) is 6.07 Å². The zero-order valence-corrected chi connectivity index (χ0v) is 24.6. The van der Waals surface area contributed by atoms with Gasteiger partial charge in [0.2, 0.25) is 15.9 Å². The standard InChI is InChI=1S/C28H33F2N7O4S/c1-17(38)31-24-14-20(36-9-7-35(4)8-10-36)5-6-22(24)27(39)32-26-23-15-37(16-28(2,3)25(23)33-34-26)42(40,41)21-12-18(29)11-19(30)13-21/h5-6,11-14H,7-10,15-16H2,1-4H3,(H,31,38)(H2,32,33,34,39). The smallest absolute Gasteiger partial charge is 0.258 e. The summed E-state index contributed by atoms with van der Waals surface area (Å²) in [7, 11) is -2.24. The second-order valence-electron chi connectivity index (χ2n) is 11.3. The lowest BCUT2D eigenvalue weighted by molar-refractivity contribution is -0.114. The van der Waals surface area contributed by atoms with Crippen molar-refractivity contribution in [3.63, 3.8) is 0 Å². The average molecular weight is 602 g/mol. The van der Waals surface area contributed by atoms with Crippen LogP contribution in [-0.2, 0) is 26.8 Å². The number of anilines is 3. The van der Waals surface area contributed by atoms with E-state index < -0.39 is 37.9 Å². The van der Waals surface area contributed by atoms with Gasteiger partial charge in [-0.1, -0.05) is 13.8 Å². The molecule has 42 heavy (non-hydrogen) atoms. The highest BCUT2D eigenvalue weighted by Gasteiger charge is 2.41. The number of aromatic nitrogens is 2. The lowest BCUT2D eigenvalue weighted by Crippen LogP contribution is -2.45. The Kier molecular flexibility index (Phi) is 7.81. The number of carbonyl (C=O) groups is 2. The number of hydrogen-bond donors (Lipinski definition) is 3. The van der Waals surface area contributed by atoms with Gasteiger partial charge in [-0.25, -0.2) is 17.2 Å². The second kappa shape index (κ2) is 11.1. The zero-order chi connectivity index (χ0) is 30.4. The van der Waals surface area contributed by atoms with Crippen molar-refractivity contribution >= 4 is 39.0 Å². The molecule has 0 unspecified atom stereocenters. The van der Waals surface area contributed by atoms with Gasteiger partial charge >= 0.3 is 0 Å². The highest BCUT2D eigenvalue weighted by molar-refractivity contribution is 7.89. The molecule has 0 spiro atoms. The van der Waals surface area contributed by atoms with Crippen LogP contribution in [-0.4, -0.2) is 79.4 Å². The highest BCUT2D eigenvalue weighted by Crippen LogP contribution is 2.38. The molecule has 1 saturated heterocycles. The average Bonchev–Trinajstić information content (AvgIpc) is 3.31. The number of hydrogen-bond acceptors (Lipinski definition) is 7. The third-order valence-corrected chi connectivity index (χ3v) is 9.35. The van der Waals surface area contributed by atoms with Crippen LogP contribution < -0.4 is 15.5 Å². The van der Waals surface area contributed by atoms with Crippen molar-refractivity contribution in [3.05, 3.63) is 64.9 Å². The Hall–Kier alpha value is -3.88. The molecule has 2 aromatic carbocycles. The lowest BCUT2D eigenvalue weighted by Gasteiger charge is -2.36. The number of amides is 2. The van der Waals surface area contributed by atoms with Gasteiger partial charge in [0, 0.05) is 74.6 Å². The number of nitrogens with one attached hydrogen (secondary N) is 3. The van der Waals surface area contributed by atoms with Gasteiger partial charge in [0.25, 0.3) is 5.91 Å². The van der Waals surface area contributed by atoms with Crippen LogP contribution in [0.25, 0.3) is 0 Å². The Labute approximate surface area is 242 Å². The van der Waals surface area contributed by atoms with E-state index in [1.165, 1.54) is 6.92 Å². The molecule has 0 atom stereocenters. The summed E-state index contributed by atoms with van der Waals surface area (Å²) < 4.78 is 55.7. The molecule has 0 saturated carbocycles. The Morgan fingerprint density at radius 2 is 1.67 bits per heavy atom. The molecule has 2 amide bonds. The molecule has 11 nitrogen and oxygen atoms in total. The SMILES string of the molecule is CC(=O)Nc1cc(N2CCN(C)CC2)ccc1C(=O)Nc1n[nH]c2c1CN(S(=O)(=O)c1cc(F)cc(F)c1)CC2(C)C. The van der Waals surface area contributed by atoms with Gasteiger partial charge in [-0.2, -0.15) is 9.40 Å². The van der Waals surface area contributed by atoms with Gasteiger partial charge < -0.3 is 20.4 Å². The van der Waals surface area contributed by atoms with Gasteiger partial charge in [0.15, 0.2) is 5.82 Å². The van der Waals surface area contributed by atoms with Crippen molar-refractivity contribution in [3.8, 4) is 0 Å². The Bertz CT molecular complexity index is 1630. The lowest BCUT2D eigenvalue weighted by atomic mass is 9.84. The number of nitrogens with zero attached hydrogens (tertiary/aromatic N) is 4. The largest absolute Gasteiger partial charge is 0.369 e. The second-order valence-corrected chi connectivity index (χ2v) is 13.3. The van der Waals surface area contributed by atoms with Crippen LogP contribution in [0.4, 0.5) is 26.0 Å². The number of piperazine rings is 1. The van der Waals surface area contributed by atoms with Crippen LogP contribution in [0.3, 0.4) is 0 Å². The number of sulfonamides is 1. The first kappa shape index (κ1) is 29.6. The van der Waals surface area contributed by atoms with E-state index in [4.69, 9.17) is 0 Å². The maximum atomic E-state index is 13.9. The maximum absolute atomic E-state index is 13.9. The predicted molar refractivity (Wildman–Crippen MR) is 154 cm³/mol. The molecule has 224 valence electrons. The summed E-state index contributed by atoms with van der Waals surface area (Å²) in [5.74, 6) is -2.78. The van der Waals surface area contributed by atoms with Crippen molar-refractivity contribution in [1.29, 1.82) is 0 Å². The van der Waals surface area contributed by atoms with Gasteiger partial charge in [-0.05, 0) is 37.4 Å². The number of fused-ring (bicyclic) bond motifs is 1. The van der Waals surface area contributed by atoms with E-state index in [1.54, 1.807) is 26.0 Å². The molecular weight excluding hydrogens is 568 g/mol. The van der Waals surface area contributed by atoms with Crippen molar-refractivity contribution in [2.75, 3.05) is 55.3 Å². The normalized spacial score (nSPS) is 17.5. The number of aromatic amines is 1. The van der Waals surface area contributed by atoms with Gasteiger partial charge in [-0.3, -0.25) is 14.7 Å². The molecule has 3 heterocycles. The minimum Gasteiger partial charge on any atom is -0.369 e. The first-order valence-corrected chi connectivity index (χ1v) is 14.9. The molecule has 14 heteroatoms. The zero-order valence-electron chi connectivity index (χ0n) is 23.8. The van der Waals surface area contributed by atoms with E-state index in [-0.39, 0.29) is 30.4 Å². The monoisotopic (exact) mass is 601 g/mol. The molecule has 0 aliphatic carbocycles. The van der Waals surface area contributed by atoms with Crippen LogP contribution in [0.1, 0.15) is 42.4 Å². The molecular formula is C28H33F2N7O4S. The molecule has 2 aliphatic rings.